The molecule has 1 saturated heterocycles. The Morgan fingerprint density at radius 1 is 1.38 bits per heavy atom. The lowest BCUT2D eigenvalue weighted by Gasteiger charge is -2.20. The van der Waals surface area contributed by atoms with Crippen LogP contribution in [0.2, 0.25) is 0 Å². The fraction of sp³-hybridized carbons (Fsp3) is 0.500. The predicted molar refractivity (Wildman–Crippen MR) is 77.5 cm³/mol. The molecule has 5 heteroatoms. The lowest BCUT2D eigenvalue weighted by molar-refractivity contribution is -0.143. The maximum Gasteiger partial charge on any atom is 0.308 e. The van der Waals surface area contributed by atoms with Crippen LogP contribution in [0.4, 0.5) is 0 Å². The average molecular weight is 291 g/mol. The number of rotatable bonds is 6. The van der Waals surface area contributed by atoms with Crippen LogP contribution in [0.5, 0.6) is 0 Å². The molecule has 1 aliphatic heterocycles. The van der Waals surface area contributed by atoms with Crippen molar-refractivity contribution in [1.82, 2.24) is 5.32 Å². The maximum absolute atomic E-state index is 12.2. The second kappa shape index (κ2) is 7.78. The summed E-state index contributed by atoms with van der Waals surface area (Å²) in [5.74, 6) is -0.501. The number of hydrogen-bond donors (Lipinski definition) is 1. The first-order valence-corrected chi connectivity index (χ1v) is 7.29. The van der Waals surface area contributed by atoms with E-state index in [1.165, 1.54) is 0 Å². The Labute approximate surface area is 124 Å². The molecule has 0 saturated carbocycles. The Bertz CT molecular complexity index is 468. The summed E-state index contributed by atoms with van der Waals surface area (Å²) < 4.78 is 10.2. The third-order valence-corrected chi connectivity index (χ3v) is 3.50. The van der Waals surface area contributed by atoms with E-state index in [9.17, 15) is 9.59 Å². The van der Waals surface area contributed by atoms with Crippen LogP contribution in [0.25, 0.3) is 0 Å². The van der Waals surface area contributed by atoms with Crippen molar-refractivity contribution in [2.75, 3.05) is 19.8 Å². The fourth-order valence-corrected chi connectivity index (χ4v) is 2.36. The monoisotopic (exact) mass is 291 g/mol. The summed E-state index contributed by atoms with van der Waals surface area (Å²) in [6.45, 7) is 3.17. The van der Waals surface area contributed by atoms with Gasteiger partial charge in [0.15, 0.2) is 0 Å². The first-order chi connectivity index (χ1) is 10.2. The molecule has 0 radical (unpaired) electrons. The van der Waals surface area contributed by atoms with Crippen LogP contribution in [-0.4, -0.2) is 31.7 Å². The zero-order chi connectivity index (χ0) is 15.1. The molecule has 1 heterocycles. The molecule has 1 unspecified atom stereocenters. The number of benzene rings is 1. The van der Waals surface area contributed by atoms with E-state index >= 15 is 0 Å². The molecule has 0 aromatic heterocycles. The highest BCUT2D eigenvalue weighted by Gasteiger charge is 2.27. The second-order valence-corrected chi connectivity index (χ2v) is 5.04. The smallest absolute Gasteiger partial charge is 0.308 e. The minimum absolute atomic E-state index is 0.0642. The van der Waals surface area contributed by atoms with Crippen molar-refractivity contribution in [1.29, 1.82) is 0 Å². The molecule has 5 nitrogen and oxygen atoms in total. The number of esters is 1. The predicted octanol–water partition coefficient (Wildman–Crippen LogP) is 1.83. The third-order valence-electron chi connectivity index (χ3n) is 3.50. The van der Waals surface area contributed by atoms with Crippen molar-refractivity contribution in [3.8, 4) is 0 Å². The van der Waals surface area contributed by atoms with Crippen LogP contribution in [0, 0.1) is 5.92 Å². The van der Waals surface area contributed by atoms with Gasteiger partial charge >= 0.3 is 5.97 Å². The van der Waals surface area contributed by atoms with Crippen LogP contribution in [-0.2, 0) is 19.1 Å². The number of nitrogens with one attached hydrogen (secondary N) is 1. The number of carbonyl (C=O) groups is 2. The highest BCUT2D eigenvalue weighted by Crippen LogP contribution is 2.20. The summed E-state index contributed by atoms with van der Waals surface area (Å²) in [7, 11) is 0. The molecule has 1 aromatic carbocycles. The molecular formula is C16H21NO4. The highest BCUT2D eigenvalue weighted by molar-refractivity contribution is 5.80. The molecule has 1 aromatic rings. The Kier molecular flexibility index (Phi) is 5.75. The van der Waals surface area contributed by atoms with E-state index in [0.29, 0.717) is 19.8 Å². The molecule has 1 fully saturated rings. The van der Waals surface area contributed by atoms with Crippen molar-refractivity contribution in [3.05, 3.63) is 35.9 Å². The van der Waals surface area contributed by atoms with Gasteiger partial charge in [-0.2, -0.15) is 0 Å². The summed E-state index contributed by atoms with van der Waals surface area (Å²) in [5, 5.41) is 2.94. The maximum atomic E-state index is 12.2. The zero-order valence-corrected chi connectivity index (χ0v) is 12.2. The fourth-order valence-electron chi connectivity index (χ4n) is 2.36. The Morgan fingerprint density at radius 2 is 2.14 bits per heavy atom. The van der Waals surface area contributed by atoms with E-state index < -0.39 is 0 Å². The zero-order valence-electron chi connectivity index (χ0n) is 12.2. The molecule has 114 valence electrons. The van der Waals surface area contributed by atoms with Crippen molar-refractivity contribution < 1.29 is 19.1 Å². The molecule has 0 bridgehead atoms. The quantitative estimate of drug-likeness (QED) is 0.812. The van der Waals surface area contributed by atoms with Crippen molar-refractivity contribution in [2.45, 2.75) is 25.8 Å². The number of ether oxygens (including phenoxy) is 2. The first-order valence-electron chi connectivity index (χ1n) is 7.29. The van der Waals surface area contributed by atoms with E-state index in [0.717, 1.165) is 12.0 Å². The average Bonchev–Trinajstić information content (AvgIpc) is 3.02. The van der Waals surface area contributed by atoms with Gasteiger partial charge in [0, 0.05) is 6.61 Å². The van der Waals surface area contributed by atoms with E-state index in [4.69, 9.17) is 9.47 Å². The van der Waals surface area contributed by atoms with E-state index in [-0.39, 0.29) is 30.3 Å². The van der Waals surface area contributed by atoms with Crippen molar-refractivity contribution in [2.24, 2.45) is 5.92 Å². The Morgan fingerprint density at radius 3 is 2.76 bits per heavy atom. The standard InChI is InChI=1S/C16H21NO4/c1-2-21-15(18)10-14(12-6-4-3-5-7-12)17-16(19)13-8-9-20-11-13/h3-7,13-14H,2,8-11H2,1H3,(H,17,19)/t13?,14-/m1/s1. The minimum Gasteiger partial charge on any atom is -0.466 e. The van der Waals surface area contributed by atoms with Crippen molar-refractivity contribution in [3.63, 3.8) is 0 Å². The van der Waals surface area contributed by atoms with Crippen LogP contribution in [0.3, 0.4) is 0 Å². The summed E-state index contributed by atoms with van der Waals surface area (Å²) in [6.07, 6.45) is 0.865. The van der Waals surface area contributed by atoms with Gasteiger partial charge in [-0.15, -0.1) is 0 Å². The lowest BCUT2D eigenvalue weighted by Crippen LogP contribution is -2.35. The lowest BCUT2D eigenvalue weighted by atomic mass is 10.0. The first kappa shape index (κ1) is 15.5. The minimum atomic E-state index is -0.363. The Hall–Kier alpha value is -1.88. The van der Waals surface area contributed by atoms with Crippen LogP contribution >= 0.6 is 0 Å². The highest BCUT2D eigenvalue weighted by atomic mass is 16.5. The SMILES string of the molecule is CCOC(=O)C[C@@H](NC(=O)C1CCOC1)c1ccccc1. The topological polar surface area (TPSA) is 64.6 Å². The molecule has 1 aliphatic rings. The number of hydrogen-bond acceptors (Lipinski definition) is 4. The summed E-state index contributed by atoms with van der Waals surface area (Å²) in [5.41, 5.74) is 0.901. The van der Waals surface area contributed by atoms with Gasteiger partial charge in [0.1, 0.15) is 0 Å². The van der Waals surface area contributed by atoms with Gasteiger partial charge in [0.2, 0.25) is 5.91 Å². The molecule has 21 heavy (non-hydrogen) atoms. The normalized spacial score (nSPS) is 19.0. The molecule has 1 N–H and O–H groups in total. The largest absolute Gasteiger partial charge is 0.466 e. The number of carbonyl (C=O) groups excluding carboxylic acids is 2. The molecule has 0 aliphatic carbocycles. The van der Waals surface area contributed by atoms with Gasteiger partial charge in [-0.05, 0) is 18.9 Å². The Balaban J connectivity index is 2.04. The molecule has 2 atom stereocenters. The van der Waals surface area contributed by atoms with Gasteiger partial charge < -0.3 is 14.8 Å². The van der Waals surface area contributed by atoms with E-state index in [2.05, 4.69) is 5.32 Å². The van der Waals surface area contributed by atoms with Crippen LogP contribution in [0.15, 0.2) is 30.3 Å². The molecule has 0 spiro atoms. The molecule has 1 amide bonds. The second-order valence-electron chi connectivity index (χ2n) is 5.04. The van der Waals surface area contributed by atoms with E-state index in [1.807, 2.05) is 30.3 Å². The summed E-state index contributed by atoms with van der Waals surface area (Å²) >= 11 is 0. The van der Waals surface area contributed by atoms with Gasteiger partial charge in [-0.1, -0.05) is 30.3 Å². The molecular weight excluding hydrogens is 270 g/mol. The van der Waals surface area contributed by atoms with Gasteiger partial charge in [-0.25, -0.2) is 0 Å². The number of amides is 1. The summed E-state index contributed by atoms with van der Waals surface area (Å²) in [4.78, 5) is 24.0. The van der Waals surface area contributed by atoms with Gasteiger partial charge in [0.05, 0.1) is 31.6 Å². The van der Waals surface area contributed by atoms with Crippen LogP contribution in [0.1, 0.15) is 31.4 Å². The van der Waals surface area contributed by atoms with E-state index in [1.54, 1.807) is 6.92 Å². The van der Waals surface area contributed by atoms with Crippen LogP contribution < -0.4 is 5.32 Å². The summed E-state index contributed by atoms with van der Waals surface area (Å²) in [6, 6.07) is 9.11. The molecule has 2 rings (SSSR count). The van der Waals surface area contributed by atoms with Gasteiger partial charge in [-0.3, -0.25) is 9.59 Å². The third kappa shape index (κ3) is 4.56. The van der Waals surface area contributed by atoms with Gasteiger partial charge in [0.25, 0.3) is 0 Å². The van der Waals surface area contributed by atoms with Crippen molar-refractivity contribution >= 4 is 11.9 Å².